The van der Waals surface area contributed by atoms with Crippen molar-refractivity contribution in [2.75, 3.05) is 37.7 Å². The highest BCUT2D eigenvalue weighted by atomic mass is 16.5. The average Bonchev–Trinajstić information content (AvgIpc) is 2.48. The van der Waals surface area contributed by atoms with Crippen LogP contribution in [0.15, 0.2) is 24.3 Å². The van der Waals surface area contributed by atoms with Crippen LogP contribution in [-0.4, -0.2) is 43.6 Å². The van der Waals surface area contributed by atoms with Crippen LogP contribution in [0.5, 0.6) is 0 Å². The highest BCUT2D eigenvalue weighted by molar-refractivity contribution is 5.47. The second kappa shape index (κ2) is 7.25. The first-order valence-corrected chi connectivity index (χ1v) is 7.84. The second-order valence-electron chi connectivity index (χ2n) is 6.38. The van der Waals surface area contributed by atoms with Crippen LogP contribution in [0.3, 0.4) is 0 Å². The molecule has 0 saturated carbocycles. The molecule has 0 spiro atoms. The molecule has 0 amide bonds. The average molecular weight is 292 g/mol. The molecule has 0 aliphatic carbocycles. The van der Waals surface area contributed by atoms with Gasteiger partial charge in [-0.1, -0.05) is 26.0 Å². The fraction of sp³-hybridized carbons (Fsp3) is 0.647. The summed E-state index contributed by atoms with van der Waals surface area (Å²) in [5, 5.41) is 13.5. The number of morpholine rings is 1. The van der Waals surface area contributed by atoms with Gasteiger partial charge < -0.3 is 20.1 Å². The molecule has 1 fully saturated rings. The van der Waals surface area contributed by atoms with Crippen molar-refractivity contribution >= 4 is 5.69 Å². The van der Waals surface area contributed by atoms with Crippen molar-refractivity contribution in [2.24, 2.45) is 5.92 Å². The summed E-state index contributed by atoms with van der Waals surface area (Å²) >= 11 is 0. The lowest BCUT2D eigenvalue weighted by Gasteiger charge is -2.29. The molecule has 0 aromatic heterocycles. The first kappa shape index (κ1) is 16.3. The standard InChI is InChI=1S/C17H28N2O2/c1-14(2)17(3,20)13-18-12-15-4-6-16(7-5-15)19-8-10-21-11-9-19/h4-7,14,18,20H,8-13H2,1-3H3. The van der Waals surface area contributed by atoms with Gasteiger partial charge in [-0.25, -0.2) is 0 Å². The minimum Gasteiger partial charge on any atom is -0.389 e. The highest BCUT2D eigenvalue weighted by Gasteiger charge is 2.23. The molecule has 2 N–H and O–H groups in total. The van der Waals surface area contributed by atoms with E-state index in [1.165, 1.54) is 11.3 Å². The Hall–Kier alpha value is -1.10. The van der Waals surface area contributed by atoms with Crippen molar-refractivity contribution in [2.45, 2.75) is 32.9 Å². The van der Waals surface area contributed by atoms with Gasteiger partial charge in [0.15, 0.2) is 0 Å². The molecule has 4 nitrogen and oxygen atoms in total. The molecule has 1 aromatic carbocycles. The second-order valence-corrected chi connectivity index (χ2v) is 6.38. The van der Waals surface area contributed by atoms with Gasteiger partial charge in [0.2, 0.25) is 0 Å². The zero-order valence-corrected chi connectivity index (χ0v) is 13.4. The Morgan fingerprint density at radius 1 is 1.24 bits per heavy atom. The normalized spacial score (nSPS) is 18.8. The first-order chi connectivity index (χ1) is 9.99. The Morgan fingerprint density at radius 3 is 2.43 bits per heavy atom. The Morgan fingerprint density at radius 2 is 1.86 bits per heavy atom. The highest BCUT2D eigenvalue weighted by Crippen LogP contribution is 2.17. The molecule has 0 radical (unpaired) electrons. The number of nitrogens with zero attached hydrogens (tertiary/aromatic N) is 1. The summed E-state index contributed by atoms with van der Waals surface area (Å²) in [7, 11) is 0. The number of nitrogens with one attached hydrogen (secondary N) is 1. The maximum atomic E-state index is 10.2. The van der Waals surface area contributed by atoms with Gasteiger partial charge in [-0.15, -0.1) is 0 Å². The third-order valence-electron chi connectivity index (χ3n) is 4.37. The topological polar surface area (TPSA) is 44.7 Å². The van der Waals surface area contributed by atoms with Crippen molar-refractivity contribution < 1.29 is 9.84 Å². The van der Waals surface area contributed by atoms with Crippen LogP contribution in [0.25, 0.3) is 0 Å². The van der Waals surface area contributed by atoms with Gasteiger partial charge in [-0.05, 0) is 30.5 Å². The van der Waals surface area contributed by atoms with Crippen molar-refractivity contribution in [1.82, 2.24) is 5.32 Å². The number of rotatable bonds is 6. The SMILES string of the molecule is CC(C)C(C)(O)CNCc1ccc(N2CCOCC2)cc1. The summed E-state index contributed by atoms with van der Waals surface area (Å²) in [6.45, 7) is 10.9. The molecule has 21 heavy (non-hydrogen) atoms. The molecule has 4 heteroatoms. The van der Waals surface area contributed by atoms with Gasteiger partial charge >= 0.3 is 0 Å². The van der Waals surface area contributed by atoms with Gasteiger partial charge in [0, 0.05) is 31.9 Å². The number of aliphatic hydroxyl groups is 1. The van der Waals surface area contributed by atoms with Crippen LogP contribution in [-0.2, 0) is 11.3 Å². The monoisotopic (exact) mass is 292 g/mol. The number of benzene rings is 1. The predicted molar refractivity (Wildman–Crippen MR) is 86.6 cm³/mol. The van der Waals surface area contributed by atoms with E-state index in [1.54, 1.807) is 0 Å². The van der Waals surface area contributed by atoms with Crippen LogP contribution < -0.4 is 10.2 Å². The smallest absolute Gasteiger partial charge is 0.0766 e. The number of anilines is 1. The molecule has 0 bridgehead atoms. The van der Waals surface area contributed by atoms with Gasteiger partial charge in [-0.2, -0.15) is 0 Å². The lowest BCUT2D eigenvalue weighted by Crippen LogP contribution is -2.41. The van der Waals surface area contributed by atoms with E-state index in [2.05, 4.69) is 34.5 Å². The predicted octanol–water partition coefficient (Wildman–Crippen LogP) is 2.02. The zero-order chi connectivity index (χ0) is 15.3. The maximum Gasteiger partial charge on any atom is 0.0766 e. The van der Waals surface area contributed by atoms with Crippen molar-refractivity contribution in [3.8, 4) is 0 Å². The molecule has 2 rings (SSSR count). The summed E-state index contributed by atoms with van der Waals surface area (Å²) in [4.78, 5) is 2.35. The van der Waals surface area contributed by atoms with Crippen LogP contribution in [0.4, 0.5) is 5.69 Å². The van der Waals surface area contributed by atoms with E-state index < -0.39 is 5.60 Å². The molecule has 1 aliphatic heterocycles. The summed E-state index contributed by atoms with van der Waals surface area (Å²) in [5.74, 6) is 0.244. The van der Waals surface area contributed by atoms with Crippen molar-refractivity contribution in [1.29, 1.82) is 0 Å². The fourth-order valence-electron chi connectivity index (χ4n) is 2.31. The summed E-state index contributed by atoms with van der Waals surface area (Å²) in [6.07, 6.45) is 0. The molecule has 1 aliphatic rings. The molecular weight excluding hydrogens is 264 g/mol. The number of ether oxygens (including phenoxy) is 1. The minimum atomic E-state index is -0.659. The van der Waals surface area contributed by atoms with Crippen LogP contribution in [0.2, 0.25) is 0 Å². The van der Waals surface area contributed by atoms with Gasteiger partial charge in [-0.3, -0.25) is 0 Å². The summed E-state index contributed by atoms with van der Waals surface area (Å²) < 4.78 is 5.37. The minimum absolute atomic E-state index is 0.244. The number of hydrogen-bond donors (Lipinski definition) is 2. The Bertz CT molecular complexity index is 423. The molecule has 1 saturated heterocycles. The fourth-order valence-corrected chi connectivity index (χ4v) is 2.31. The van der Waals surface area contributed by atoms with Gasteiger partial charge in [0.1, 0.15) is 0 Å². The Balaban J connectivity index is 1.82. The van der Waals surface area contributed by atoms with Gasteiger partial charge in [0.25, 0.3) is 0 Å². The number of hydrogen-bond acceptors (Lipinski definition) is 4. The van der Waals surface area contributed by atoms with Crippen LogP contribution in [0.1, 0.15) is 26.3 Å². The maximum absolute atomic E-state index is 10.2. The quantitative estimate of drug-likeness (QED) is 0.842. The lowest BCUT2D eigenvalue weighted by molar-refractivity contribution is 0.0140. The van der Waals surface area contributed by atoms with Crippen molar-refractivity contribution in [3.05, 3.63) is 29.8 Å². The molecule has 1 atom stereocenters. The van der Waals surface area contributed by atoms with Crippen LogP contribution in [0, 0.1) is 5.92 Å². The van der Waals surface area contributed by atoms with E-state index in [1.807, 2.05) is 20.8 Å². The van der Waals surface area contributed by atoms with E-state index in [4.69, 9.17) is 4.74 Å². The van der Waals surface area contributed by atoms with Gasteiger partial charge in [0.05, 0.1) is 18.8 Å². The van der Waals surface area contributed by atoms with Crippen LogP contribution >= 0.6 is 0 Å². The zero-order valence-electron chi connectivity index (χ0n) is 13.4. The van der Waals surface area contributed by atoms with E-state index >= 15 is 0 Å². The molecule has 1 heterocycles. The molecular formula is C17H28N2O2. The third-order valence-corrected chi connectivity index (χ3v) is 4.37. The van der Waals surface area contributed by atoms with Crippen molar-refractivity contribution in [3.63, 3.8) is 0 Å². The molecule has 118 valence electrons. The Kier molecular flexibility index (Phi) is 5.62. The van der Waals surface area contributed by atoms with E-state index in [0.29, 0.717) is 6.54 Å². The summed E-state index contributed by atoms with van der Waals surface area (Å²) in [5.41, 5.74) is 1.84. The third kappa shape index (κ3) is 4.70. The van der Waals surface area contributed by atoms with E-state index in [0.717, 1.165) is 32.8 Å². The van der Waals surface area contributed by atoms with E-state index in [9.17, 15) is 5.11 Å². The summed E-state index contributed by atoms with van der Waals surface area (Å²) in [6, 6.07) is 8.65. The first-order valence-electron chi connectivity index (χ1n) is 7.84. The Labute approximate surface area is 128 Å². The van der Waals surface area contributed by atoms with E-state index in [-0.39, 0.29) is 5.92 Å². The molecule has 1 unspecified atom stereocenters. The lowest BCUT2D eigenvalue weighted by atomic mass is 9.92. The largest absolute Gasteiger partial charge is 0.389 e. The molecule has 1 aromatic rings.